The molecule has 2 aromatic rings. The first-order valence-corrected chi connectivity index (χ1v) is 11.7. The molecule has 4 nitrogen and oxygen atoms in total. The molecular weight excluding hydrogens is 392 g/mol. The summed E-state index contributed by atoms with van der Waals surface area (Å²) in [6.45, 7) is 0.613. The molecule has 2 aromatic carbocycles. The van der Waals surface area contributed by atoms with Crippen LogP contribution in [0.2, 0.25) is 0 Å². The number of anilines is 1. The zero-order valence-electron chi connectivity index (χ0n) is 18.9. The predicted octanol–water partition coefficient (Wildman–Crippen LogP) is 5.51. The van der Waals surface area contributed by atoms with Crippen molar-refractivity contribution in [3.63, 3.8) is 0 Å². The van der Waals surface area contributed by atoms with E-state index in [9.17, 15) is 0 Å². The number of nitrogens with one attached hydrogen (secondary N) is 1. The monoisotopic (exact) mass is 426 g/mol. The van der Waals surface area contributed by atoms with E-state index in [2.05, 4.69) is 77.1 Å². The zero-order chi connectivity index (χ0) is 22.2. The topological polar surface area (TPSA) is 62.8 Å². The molecule has 4 atom stereocenters. The van der Waals surface area contributed by atoms with Crippen molar-refractivity contribution in [2.75, 3.05) is 19.5 Å². The van der Waals surface area contributed by atoms with E-state index in [-0.39, 0.29) is 0 Å². The normalized spacial score (nSPS) is 26.0. The highest BCUT2D eigenvalue weighted by Gasteiger charge is 2.32. The van der Waals surface area contributed by atoms with Gasteiger partial charge in [0.15, 0.2) is 0 Å². The fraction of sp³-hybridized carbons (Fsp3) is 0.357. The maximum Gasteiger partial charge on any atom is 0.0890 e. The minimum absolute atomic E-state index is 0.312. The molecular formula is C28H34N4. The lowest BCUT2D eigenvalue weighted by atomic mass is 9.72. The molecule has 2 aliphatic rings. The molecule has 3 N–H and O–H groups in total. The van der Waals surface area contributed by atoms with E-state index in [1.165, 1.54) is 11.1 Å². The lowest BCUT2D eigenvalue weighted by Gasteiger charge is -2.37. The van der Waals surface area contributed by atoms with Crippen LogP contribution in [0.3, 0.4) is 0 Å². The summed E-state index contributed by atoms with van der Waals surface area (Å²) in [5.74, 6) is 1.24. The van der Waals surface area contributed by atoms with E-state index in [4.69, 9.17) is 10.7 Å². The molecule has 0 radical (unpaired) electrons. The quantitative estimate of drug-likeness (QED) is 0.453. The van der Waals surface area contributed by atoms with Gasteiger partial charge >= 0.3 is 0 Å². The van der Waals surface area contributed by atoms with Crippen LogP contribution in [-0.4, -0.2) is 31.7 Å². The van der Waals surface area contributed by atoms with Gasteiger partial charge in [-0.3, -0.25) is 15.3 Å². The van der Waals surface area contributed by atoms with E-state index in [1.807, 2.05) is 25.4 Å². The lowest BCUT2D eigenvalue weighted by Crippen LogP contribution is -2.39. The number of nitrogens with two attached hydrogens (primary N) is 1. The molecule has 0 aromatic heterocycles. The van der Waals surface area contributed by atoms with Crippen LogP contribution in [-0.2, 0) is 0 Å². The van der Waals surface area contributed by atoms with Gasteiger partial charge < -0.3 is 5.73 Å². The summed E-state index contributed by atoms with van der Waals surface area (Å²) in [4.78, 5) is 9.14. The summed E-state index contributed by atoms with van der Waals surface area (Å²) in [5, 5.41) is 3.76. The average Bonchev–Trinajstić information content (AvgIpc) is 2.85. The van der Waals surface area contributed by atoms with E-state index in [0.29, 0.717) is 30.5 Å². The predicted molar refractivity (Wildman–Crippen MR) is 137 cm³/mol. The molecule has 0 aliphatic heterocycles. The molecule has 1 saturated carbocycles. The fourth-order valence-corrected chi connectivity index (χ4v) is 5.09. The van der Waals surface area contributed by atoms with Crippen LogP contribution in [0.25, 0.3) is 0 Å². The van der Waals surface area contributed by atoms with Crippen LogP contribution in [0.15, 0.2) is 88.9 Å². The number of nitrogen functional groups attached to an aromatic ring is 1. The Hall–Kier alpha value is -2.98. The number of nitrogens with zero attached hydrogens (tertiary/aromatic N) is 2. The van der Waals surface area contributed by atoms with Gasteiger partial charge in [0.05, 0.1) is 12.4 Å². The van der Waals surface area contributed by atoms with Crippen molar-refractivity contribution in [2.45, 2.75) is 43.6 Å². The Morgan fingerprint density at radius 3 is 2.62 bits per heavy atom. The second-order valence-corrected chi connectivity index (χ2v) is 8.75. The van der Waals surface area contributed by atoms with Gasteiger partial charge in [0, 0.05) is 30.9 Å². The van der Waals surface area contributed by atoms with Gasteiger partial charge in [-0.05, 0) is 54.7 Å². The van der Waals surface area contributed by atoms with Gasteiger partial charge in [-0.2, -0.15) is 0 Å². The highest BCUT2D eigenvalue weighted by Crippen LogP contribution is 2.42. The van der Waals surface area contributed by atoms with E-state index >= 15 is 0 Å². The SMILES string of the molecule is C/N=C\C(=N/CNC1CCC(c2ccccc2N)CC1c1ccccc1)C1C=CC=CC1. The largest absolute Gasteiger partial charge is 0.398 e. The number of aliphatic imine (C=N–C) groups is 2. The molecule has 0 heterocycles. The molecule has 166 valence electrons. The van der Waals surface area contributed by atoms with Crippen LogP contribution in [0.1, 0.15) is 48.6 Å². The number of hydrogen-bond acceptors (Lipinski definition) is 4. The molecule has 1 fully saturated rings. The standard InChI is InChI=1S/C28H34N4/c1-30-19-28(22-12-6-3-7-13-22)32-20-31-27-17-16-23(24-14-8-9-15-26(24)29)18-25(27)21-10-4-2-5-11-21/h2-12,14-15,19,22-23,25,27,31H,13,16-18,20,29H2,1H3/b30-19-,32-28+. The van der Waals surface area contributed by atoms with Gasteiger partial charge in [0.1, 0.15) is 0 Å². The Balaban J connectivity index is 1.49. The third-order valence-corrected chi connectivity index (χ3v) is 6.75. The van der Waals surface area contributed by atoms with Gasteiger partial charge in [-0.1, -0.05) is 72.8 Å². The molecule has 0 bridgehead atoms. The van der Waals surface area contributed by atoms with E-state index in [0.717, 1.165) is 37.1 Å². The van der Waals surface area contributed by atoms with Crippen molar-refractivity contribution in [1.29, 1.82) is 0 Å². The maximum atomic E-state index is 6.33. The van der Waals surface area contributed by atoms with Gasteiger partial charge in [0.25, 0.3) is 0 Å². The summed E-state index contributed by atoms with van der Waals surface area (Å²) in [5.41, 5.74) is 11.0. The molecule has 4 heteroatoms. The van der Waals surface area contributed by atoms with Crippen LogP contribution in [0, 0.1) is 5.92 Å². The highest BCUT2D eigenvalue weighted by atomic mass is 15.0. The summed E-state index contributed by atoms with van der Waals surface area (Å²) in [7, 11) is 1.81. The molecule has 0 spiro atoms. The van der Waals surface area contributed by atoms with Crippen molar-refractivity contribution in [2.24, 2.45) is 15.9 Å². The molecule has 0 amide bonds. The Labute approximate surface area is 192 Å². The molecule has 0 saturated heterocycles. The van der Waals surface area contributed by atoms with Gasteiger partial charge in [-0.25, -0.2) is 0 Å². The Bertz CT molecular complexity index is 990. The number of hydrogen-bond donors (Lipinski definition) is 2. The summed E-state index contributed by atoms with van der Waals surface area (Å²) < 4.78 is 0. The van der Waals surface area contributed by atoms with Crippen molar-refractivity contribution in [3.05, 3.63) is 90.0 Å². The summed E-state index contributed by atoms with van der Waals surface area (Å²) in [6, 6.07) is 19.6. The van der Waals surface area contributed by atoms with Crippen molar-refractivity contribution in [3.8, 4) is 0 Å². The number of benzene rings is 2. The molecule has 2 aliphatic carbocycles. The van der Waals surface area contributed by atoms with Crippen molar-refractivity contribution >= 4 is 17.6 Å². The van der Waals surface area contributed by atoms with Gasteiger partial charge in [-0.15, -0.1) is 0 Å². The molecule has 4 unspecified atom stereocenters. The summed E-state index contributed by atoms with van der Waals surface area (Å²) >= 11 is 0. The van der Waals surface area contributed by atoms with E-state index < -0.39 is 0 Å². The van der Waals surface area contributed by atoms with E-state index in [1.54, 1.807) is 0 Å². The first-order valence-electron chi connectivity index (χ1n) is 11.7. The Morgan fingerprint density at radius 1 is 1.06 bits per heavy atom. The second-order valence-electron chi connectivity index (χ2n) is 8.75. The fourth-order valence-electron chi connectivity index (χ4n) is 5.09. The number of allylic oxidation sites excluding steroid dienone is 4. The van der Waals surface area contributed by atoms with Crippen LogP contribution < -0.4 is 11.1 Å². The molecule has 4 rings (SSSR count). The van der Waals surface area contributed by atoms with Crippen molar-refractivity contribution < 1.29 is 0 Å². The highest BCUT2D eigenvalue weighted by molar-refractivity contribution is 6.32. The third kappa shape index (κ3) is 5.43. The van der Waals surface area contributed by atoms with Crippen molar-refractivity contribution in [1.82, 2.24) is 5.32 Å². The van der Waals surface area contributed by atoms with Gasteiger partial charge in [0.2, 0.25) is 0 Å². The first-order chi connectivity index (χ1) is 15.8. The second kappa shape index (κ2) is 11.1. The first kappa shape index (κ1) is 22.2. The number of para-hydroxylation sites is 1. The Kier molecular flexibility index (Phi) is 7.68. The minimum atomic E-state index is 0.312. The smallest absolute Gasteiger partial charge is 0.0890 e. The third-order valence-electron chi connectivity index (χ3n) is 6.75. The lowest BCUT2D eigenvalue weighted by molar-refractivity contribution is 0.303. The Morgan fingerprint density at radius 2 is 1.88 bits per heavy atom. The summed E-state index contributed by atoms with van der Waals surface area (Å²) in [6.07, 6.45) is 14.8. The maximum absolute atomic E-state index is 6.33. The number of rotatable bonds is 7. The molecule has 32 heavy (non-hydrogen) atoms. The zero-order valence-corrected chi connectivity index (χ0v) is 18.9. The average molecular weight is 427 g/mol. The van der Waals surface area contributed by atoms with Crippen LogP contribution in [0.4, 0.5) is 5.69 Å². The minimum Gasteiger partial charge on any atom is -0.398 e. The van der Waals surface area contributed by atoms with Crippen LogP contribution in [0.5, 0.6) is 0 Å². The van der Waals surface area contributed by atoms with Crippen LogP contribution >= 0.6 is 0 Å².